The number of halogens is 3. The lowest BCUT2D eigenvalue weighted by Crippen LogP contribution is -2.65. The molecule has 2 atom stereocenters. The van der Waals surface area contributed by atoms with Gasteiger partial charge < -0.3 is 4.90 Å². The monoisotopic (exact) mass is 474 g/mol. The molecule has 3 heterocycles. The first-order valence-corrected chi connectivity index (χ1v) is 12.0. The van der Waals surface area contributed by atoms with Gasteiger partial charge in [0.05, 0.1) is 16.5 Å². The lowest BCUT2D eigenvalue weighted by molar-refractivity contribution is -0.138. The van der Waals surface area contributed by atoms with E-state index in [9.17, 15) is 21.6 Å². The van der Waals surface area contributed by atoms with Gasteiger partial charge in [-0.3, -0.25) is 0 Å². The first-order valence-electron chi connectivity index (χ1n) is 10.6. The van der Waals surface area contributed by atoms with Crippen molar-refractivity contribution in [1.82, 2.24) is 14.3 Å². The second-order valence-electron chi connectivity index (χ2n) is 8.26. The smallest absolute Gasteiger partial charge is 0.336 e. The summed E-state index contributed by atoms with van der Waals surface area (Å²) in [5.74, 6) is 0.444. The van der Waals surface area contributed by atoms with Crippen LogP contribution in [0.4, 0.5) is 19.1 Å². The number of fused-ring (bicyclic) bond motifs is 1. The fraction of sp³-hybridized carbons (Fsp3) is 0.304. The Morgan fingerprint density at radius 3 is 2.27 bits per heavy atom. The number of sulfonamides is 1. The highest BCUT2D eigenvalue weighted by Gasteiger charge is 2.47. The Morgan fingerprint density at radius 2 is 1.58 bits per heavy atom. The van der Waals surface area contributed by atoms with Gasteiger partial charge in [-0.05, 0) is 24.0 Å². The second kappa shape index (κ2) is 8.11. The molecule has 0 amide bonds. The van der Waals surface area contributed by atoms with Crippen LogP contribution >= 0.6 is 0 Å². The highest BCUT2D eigenvalue weighted by atomic mass is 32.2. The Kier molecular flexibility index (Phi) is 5.37. The molecular weight excluding hydrogens is 453 g/mol. The molecule has 1 aromatic heterocycles. The van der Waals surface area contributed by atoms with Gasteiger partial charge in [0.15, 0.2) is 0 Å². The maximum absolute atomic E-state index is 13.6. The van der Waals surface area contributed by atoms with Gasteiger partial charge in [-0.2, -0.15) is 17.5 Å². The van der Waals surface area contributed by atoms with Crippen LogP contribution in [-0.4, -0.2) is 48.4 Å². The third kappa shape index (κ3) is 3.97. The van der Waals surface area contributed by atoms with Crippen LogP contribution in [0.3, 0.4) is 0 Å². The van der Waals surface area contributed by atoms with E-state index in [1.807, 2.05) is 36.4 Å². The highest BCUT2D eigenvalue weighted by molar-refractivity contribution is 7.89. The van der Waals surface area contributed by atoms with Crippen LogP contribution in [0.2, 0.25) is 0 Å². The van der Waals surface area contributed by atoms with Crippen molar-refractivity contribution in [2.24, 2.45) is 5.92 Å². The van der Waals surface area contributed by atoms with Crippen molar-refractivity contribution in [2.75, 3.05) is 24.5 Å². The van der Waals surface area contributed by atoms with Crippen LogP contribution in [-0.2, 0) is 16.2 Å². The van der Waals surface area contributed by atoms with Gasteiger partial charge in [0, 0.05) is 37.6 Å². The number of piperidine rings is 1. The van der Waals surface area contributed by atoms with Crippen molar-refractivity contribution >= 4 is 16.0 Å². The molecule has 2 aliphatic rings. The lowest BCUT2D eigenvalue weighted by Gasteiger charge is -2.53. The molecule has 172 valence electrons. The van der Waals surface area contributed by atoms with Gasteiger partial charge in [-0.25, -0.2) is 18.4 Å². The van der Waals surface area contributed by atoms with Gasteiger partial charge in [0.1, 0.15) is 0 Å². The van der Waals surface area contributed by atoms with Crippen LogP contribution in [0.25, 0.3) is 11.1 Å². The Bertz CT molecular complexity index is 1250. The molecule has 0 aliphatic carbocycles. The summed E-state index contributed by atoms with van der Waals surface area (Å²) in [6.07, 6.45) is -2.29. The maximum atomic E-state index is 13.6. The van der Waals surface area contributed by atoms with Crippen molar-refractivity contribution in [1.29, 1.82) is 0 Å². The second-order valence-corrected chi connectivity index (χ2v) is 10.2. The Balaban J connectivity index is 1.39. The maximum Gasteiger partial charge on any atom is 0.419 e. The molecular formula is C23H21F3N4O2S. The van der Waals surface area contributed by atoms with E-state index in [0.717, 1.165) is 18.0 Å². The molecule has 2 aromatic carbocycles. The molecule has 0 radical (unpaired) electrons. The fourth-order valence-electron chi connectivity index (χ4n) is 4.52. The molecule has 0 N–H and O–H groups in total. The average Bonchev–Trinajstić information content (AvgIpc) is 2.80. The first kappa shape index (κ1) is 21.8. The predicted molar refractivity (Wildman–Crippen MR) is 117 cm³/mol. The number of anilines is 1. The van der Waals surface area contributed by atoms with Crippen molar-refractivity contribution in [3.05, 3.63) is 72.6 Å². The summed E-state index contributed by atoms with van der Waals surface area (Å²) in [7, 11) is -3.78. The minimum Gasteiger partial charge on any atom is -0.336 e. The molecule has 2 aliphatic heterocycles. The van der Waals surface area contributed by atoms with Crippen LogP contribution in [0.5, 0.6) is 0 Å². The van der Waals surface area contributed by atoms with Crippen LogP contribution < -0.4 is 4.90 Å². The van der Waals surface area contributed by atoms with E-state index in [-0.39, 0.29) is 29.3 Å². The first-order chi connectivity index (χ1) is 15.7. The molecule has 5 rings (SSSR count). The molecule has 33 heavy (non-hydrogen) atoms. The van der Waals surface area contributed by atoms with Crippen molar-refractivity contribution in [2.45, 2.75) is 23.5 Å². The van der Waals surface area contributed by atoms with E-state index in [0.29, 0.717) is 25.1 Å². The van der Waals surface area contributed by atoms with Crippen molar-refractivity contribution in [3.8, 4) is 11.1 Å². The summed E-state index contributed by atoms with van der Waals surface area (Å²) < 4.78 is 67.1. The molecule has 0 spiro atoms. The number of nitrogens with zero attached hydrogens (tertiary/aromatic N) is 4. The van der Waals surface area contributed by atoms with Gasteiger partial charge in [0.25, 0.3) is 0 Å². The summed E-state index contributed by atoms with van der Waals surface area (Å²) in [5, 5.41) is 0. The Labute approximate surface area is 189 Å². The summed E-state index contributed by atoms with van der Waals surface area (Å²) in [5.41, 5.74) is 0.542. The van der Waals surface area contributed by atoms with Gasteiger partial charge in [-0.1, -0.05) is 48.5 Å². The SMILES string of the molecule is O=S(=O)(c1ccccc1-c1ccccc1)N1CCC2CN(c3ncc(C(F)(F)F)cn3)C2C1. The largest absolute Gasteiger partial charge is 0.419 e. The van der Waals surface area contributed by atoms with Gasteiger partial charge in [0.2, 0.25) is 16.0 Å². The molecule has 2 unspecified atom stereocenters. The zero-order valence-electron chi connectivity index (χ0n) is 17.5. The van der Waals surface area contributed by atoms with Crippen LogP contribution in [0.15, 0.2) is 71.9 Å². The number of aromatic nitrogens is 2. The van der Waals surface area contributed by atoms with E-state index >= 15 is 0 Å². The fourth-order valence-corrected chi connectivity index (χ4v) is 6.21. The summed E-state index contributed by atoms with van der Waals surface area (Å²) in [6.45, 7) is 1.24. The molecule has 10 heteroatoms. The highest BCUT2D eigenvalue weighted by Crippen LogP contribution is 2.38. The Hall–Kier alpha value is -2.98. The summed E-state index contributed by atoms with van der Waals surface area (Å²) >= 11 is 0. The topological polar surface area (TPSA) is 66.4 Å². The van der Waals surface area contributed by atoms with Crippen molar-refractivity contribution < 1.29 is 21.6 Å². The number of alkyl halides is 3. The number of benzene rings is 2. The molecule has 0 bridgehead atoms. The van der Waals surface area contributed by atoms with Gasteiger partial charge in [-0.15, -0.1) is 0 Å². The van der Waals surface area contributed by atoms with Crippen LogP contribution in [0, 0.1) is 5.92 Å². The molecule has 2 fully saturated rings. The molecule has 2 saturated heterocycles. The number of hydrogen-bond donors (Lipinski definition) is 0. The molecule has 0 saturated carbocycles. The minimum atomic E-state index is -4.50. The van der Waals surface area contributed by atoms with E-state index in [1.54, 1.807) is 23.1 Å². The standard InChI is InChI=1S/C23H21F3N4O2S/c24-23(25,26)18-12-27-22(28-13-18)30-14-17-10-11-29(15-20(17)30)33(31,32)21-9-5-4-8-19(21)16-6-2-1-3-7-16/h1-9,12-13,17,20H,10-11,14-15H2. The number of hydrogen-bond acceptors (Lipinski definition) is 5. The zero-order chi connectivity index (χ0) is 23.2. The zero-order valence-corrected chi connectivity index (χ0v) is 18.3. The summed E-state index contributed by atoms with van der Waals surface area (Å²) in [4.78, 5) is 9.80. The normalized spacial score (nSPS) is 21.4. The number of rotatable bonds is 4. The predicted octanol–water partition coefficient (Wildman–Crippen LogP) is 4.06. The molecule has 3 aromatic rings. The van der Waals surface area contributed by atoms with Gasteiger partial charge >= 0.3 is 6.18 Å². The minimum absolute atomic E-state index is 0.172. The van der Waals surface area contributed by atoms with E-state index in [2.05, 4.69) is 9.97 Å². The quantitative estimate of drug-likeness (QED) is 0.571. The van der Waals surface area contributed by atoms with Crippen LogP contribution in [0.1, 0.15) is 12.0 Å². The summed E-state index contributed by atoms with van der Waals surface area (Å²) in [6, 6.07) is 16.1. The molecule has 6 nitrogen and oxygen atoms in total. The lowest BCUT2D eigenvalue weighted by atomic mass is 9.83. The third-order valence-electron chi connectivity index (χ3n) is 6.33. The third-order valence-corrected chi connectivity index (χ3v) is 8.25. The van der Waals surface area contributed by atoms with E-state index < -0.39 is 21.8 Å². The van der Waals surface area contributed by atoms with E-state index in [1.165, 1.54) is 4.31 Å². The van der Waals surface area contributed by atoms with Crippen molar-refractivity contribution in [3.63, 3.8) is 0 Å². The Morgan fingerprint density at radius 1 is 0.909 bits per heavy atom. The average molecular weight is 475 g/mol. The van der Waals surface area contributed by atoms with E-state index in [4.69, 9.17) is 0 Å².